The number of hydrogen-bond donors (Lipinski definition) is 0. The topological polar surface area (TPSA) is 88.2 Å². The van der Waals surface area contributed by atoms with Gasteiger partial charge in [-0.3, -0.25) is 19.1 Å². The van der Waals surface area contributed by atoms with E-state index in [4.69, 9.17) is 4.74 Å². The number of nitriles is 1. The summed E-state index contributed by atoms with van der Waals surface area (Å²) in [6.45, 7) is 1.69. The Morgan fingerprint density at radius 1 is 1.13 bits per heavy atom. The van der Waals surface area contributed by atoms with Gasteiger partial charge in [-0.2, -0.15) is 5.26 Å². The van der Waals surface area contributed by atoms with Crippen LogP contribution in [0.3, 0.4) is 0 Å². The Morgan fingerprint density at radius 2 is 1.87 bits per heavy atom. The third-order valence-corrected chi connectivity index (χ3v) is 5.74. The van der Waals surface area contributed by atoms with Gasteiger partial charge < -0.3 is 9.64 Å². The van der Waals surface area contributed by atoms with Gasteiger partial charge in [-0.15, -0.1) is 11.3 Å². The van der Waals surface area contributed by atoms with Crippen LogP contribution in [0, 0.1) is 11.3 Å². The minimum Gasteiger partial charge on any atom is -0.378 e. The smallest absolute Gasteiger partial charge is 0.273 e. The standard InChI is InChI=1S/C22H18N4O3S/c23-15-18(20(27)25-10-12-29-13-11-25)22-26(17-7-2-1-3-8-17)21(28)19(30-22)14-16-6-4-5-9-24-16/h1-9,14H,10-13H2/b19-14+,22-18-. The lowest BCUT2D eigenvalue weighted by molar-refractivity contribution is -0.128. The largest absolute Gasteiger partial charge is 0.378 e. The van der Waals surface area contributed by atoms with Crippen molar-refractivity contribution in [2.45, 2.75) is 0 Å². The molecule has 1 saturated heterocycles. The van der Waals surface area contributed by atoms with Crippen molar-refractivity contribution in [2.24, 2.45) is 0 Å². The molecular formula is C22H18N4O3S. The van der Waals surface area contributed by atoms with Crippen molar-refractivity contribution in [3.63, 3.8) is 0 Å². The summed E-state index contributed by atoms with van der Waals surface area (Å²) in [6.07, 6.45) is 3.31. The van der Waals surface area contributed by atoms with E-state index >= 15 is 0 Å². The Balaban J connectivity index is 1.98. The van der Waals surface area contributed by atoms with E-state index in [1.165, 1.54) is 4.57 Å². The number of benzene rings is 1. The molecule has 0 atom stereocenters. The van der Waals surface area contributed by atoms with Crippen molar-refractivity contribution in [3.8, 4) is 11.8 Å². The first-order valence-corrected chi connectivity index (χ1v) is 10.2. The van der Waals surface area contributed by atoms with Gasteiger partial charge in [0.25, 0.3) is 11.5 Å². The van der Waals surface area contributed by atoms with Crippen LogP contribution in [0.2, 0.25) is 0 Å². The summed E-state index contributed by atoms with van der Waals surface area (Å²) in [7, 11) is 0. The van der Waals surface area contributed by atoms with Crippen LogP contribution in [0.5, 0.6) is 0 Å². The van der Waals surface area contributed by atoms with Crippen LogP contribution in [-0.4, -0.2) is 46.7 Å². The molecule has 2 aromatic heterocycles. The van der Waals surface area contributed by atoms with E-state index in [-0.39, 0.29) is 11.1 Å². The Morgan fingerprint density at radius 3 is 2.53 bits per heavy atom. The second kappa shape index (κ2) is 8.86. The lowest BCUT2D eigenvalue weighted by Crippen LogP contribution is -2.42. The van der Waals surface area contributed by atoms with Crippen LogP contribution in [-0.2, 0) is 9.53 Å². The van der Waals surface area contributed by atoms with Crippen molar-refractivity contribution in [2.75, 3.05) is 26.3 Å². The van der Waals surface area contributed by atoms with E-state index in [1.807, 2.05) is 18.2 Å². The van der Waals surface area contributed by atoms with E-state index in [0.717, 1.165) is 11.3 Å². The number of morpholine rings is 1. The second-order valence-electron chi connectivity index (χ2n) is 6.54. The summed E-state index contributed by atoms with van der Waals surface area (Å²) in [5.41, 5.74) is 0.871. The average Bonchev–Trinajstić information content (AvgIpc) is 3.11. The predicted molar refractivity (Wildman–Crippen MR) is 113 cm³/mol. The fourth-order valence-electron chi connectivity index (χ4n) is 3.17. The maximum absolute atomic E-state index is 13.3. The molecule has 30 heavy (non-hydrogen) atoms. The van der Waals surface area contributed by atoms with E-state index in [0.29, 0.717) is 46.9 Å². The molecule has 150 valence electrons. The van der Waals surface area contributed by atoms with Crippen molar-refractivity contribution >= 4 is 28.9 Å². The Labute approximate surface area is 176 Å². The molecule has 0 saturated carbocycles. The van der Waals surface area contributed by atoms with E-state index < -0.39 is 5.91 Å². The van der Waals surface area contributed by atoms with Crippen LogP contribution in [0.25, 0.3) is 17.3 Å². The van der Waals surface area contributed by atoms with E-state index in [2.05, 4.69) is 4.98 Å². The molecule has 0 radical (unpaired) electrons. The van der Waals surface area contributed by atoms with Crippen LogP contribution >= 0.6 is 11.3 Å². The molecule has 0 bridgehead atoms. The van der Waals surface area contributed by atoms with Gasteiger partial charge in [-0.1, -0.05) is 24.3 Å². The number of carbonyl (C=O) groups excluding carboxylic acids is 1. The molecule has 1 amide bonds. The number of carbonyl (C=O) groups is 1. The SMILES string of the molecule is N#C/C(C(=O)N1CCOCC1)=c1/s/c(=C/c2ccccn2)c(=O)n1-c1ccccc1. The molecule has 0 N–H and O–H groups in total. The van der Waals surface area contributed by atoms with Gasteiger partial charge in [0, 0.05) is 19.3 Å². The van der Waals surface area contributed by atoms with Crippen LogP contribution < -0.4 is 14.8 Å². The fourth-order valence-corrected chi connectivity index (χ4v) is 4.25. The third kappa shape index (κ3) is 3.94. The van der Waals surface area contributed by atoms with Crippen molar-refractivity contribution in [3.05, 3.63) is 80.0 Å². The highest BCUT2D eigenvalue weighted by atomic mass is 32.1. The number of aromatic nitrogens is 2. The van der Waals surface area contributed by atoms with Gasteiger partial charge in [0.15, 0.2) is 5.57 Å². The number of hydrogen-bond acceptors (Lipinski definition) is 6. The Hall–Kier alpha value is -3.54. The van der Waals surface area contributed by atoms with Crippen LogP contribution in [0.1, 0.15) is 5.69 Å². The highest BCUT2D eigenvalue weighted by Gasteiger charge is 2.23. The summed E-state index contributed by atoms with van der Waals surface area (Å²) in [4.78, 5) is 32.2. The summed E-state index contributed by atoms with van der Waals surface area (Å²) in [5.74, 6) is -0.392. The number of pyridine rings is 1. The maximum Gasteiger partial charge on any atom is 0.273 e. The third-order valence-electron chi connectivity index (χ3n) is 4.64. The number of rotatable bonds is 3. The number of thiazole rings is 1. The molecule has 1 aliphatic heterocycles. The van der Waals surface area contributed by atoms with Gasteiger partial charge >= 0.3 is 0 Å². The monoisotopic (exact) mass is 418 g/mol. The zero-order valence-electron chi connectivity index (χ0n) is 16.0. The van der Waals surface area contributed by atoms with Crippen LogP contribution in [0.15, 0.2) is 59.5 Å². The zero-order chi connectivity index (χ0) is 20.9. The second-order valence-corrected chi connectivity index (χ2v) is 7.57. The molecule has 0 spiro atoms. The Kier molecular flexibility index (Phi) is 5.84. The molecule has 0 aliphatic carbocycles. The summed E-state index contributed by atoms with van der Waals surface area (Å²) >= 11 is 1.12. The molecule has 1 fully saturated rings. The minimum absolute atomic E-state index is 0.0523. The summed E-state index contributed by atoms with van der Waals surface area (Å²) in [5, 5.41) is 9.84. The molecule has 1 aliphatic rings. The molecule has 4 rings (SSSR count). The van der Waals surface area contributed by atoms with Crippen LogP contribution in [0.4, 0.5) is 0 Å². The molecule has 8 heteroatoms. The van der Waals surface area contributed by atoms with Gasteiger partial charge in [0.2, 0.25) is 0 Å². The molecule has 7 nitrogen and oxygen atoms in total. The minimum atomic E-state index is -0.392. The van der Waals surface area contributed by atoms with Crippen molar-refractivity contribution in [1.82, 2.24) is 14.5 Å². The molecular weight excluding hydrogens is 400 g/mol. The van der Waals surface area contributed by atoms with E-state index in [9.17, 15) is 14.9 Å². The average molecular weight is 418 g/mol. The number of ether oxygens (including phenoxy) is 1. The first-order chi connectivity index (χ1) is 14.7. The molecule has 1 aromatic carbocycles. The molecule has 3 heterocycles. The van der Waals surface area contributed by atoms with Gasteiger partial charge in [0.05, 0.1) is 29.1 Å². The van der Waals surface area contributed by atoms with E-state index in [1.54, 1.807) is 53.6 Å². The van der Waals surface area contributed by atoms with Gasteiger partial charge in [-0.05, 0) is 30.3 Å². The normalized spacial score (nSPS) is 15.6. The highest BCUT2D eigenvalue weighted by Crippen LogP contribution is 2.07. The van der Waals surface area contributed by atoms with Crippen molar-refractivity contribution < 1.29 is 9.53 Å². The number of amides is 1. The quantitative estimate of drug-likeness (QED) is 0.623. The summed E-state index contributed by atoms with van der Waals surface area (Å²) < 4.78 is 7.44. The number of para-hydroxylation sites is 1. The molecule has 0 unspecified atom stereocenters. The highest BCUT2D eigenvalue weighted by molar-refractivity contribution is 7.07. The molecule has 3 aromatic rings. The maximum atomic E-state index is 13.3. The number of nitrogens with zero attached hydrogens (tertiary/aromatic N) is 4. The first kappa shape index (κ1) is 19.8. The first-order valence-electron chi connectivity index (χ1n) is 9.40. The predicted octanol–water partition coefficient (Wildman–Crippen LogP) is 0.656. The Bertz CT molecular complexity index is 1270. The lowest BCUT2D eigenvalue weighted by Gasteiger charge is -2.26. The zero-order valence-corrected chi connectivity index (χ0v) is 16.8. The lowest BCUT2D eigenvalue weighted by atomic mass is 10.2. The fraction of sp³-hybridized carbons (Fsp3) is 0.182. The van der Waals surface area contributed by atoms with Gasteiger partial charge in [-0.25, -0.2) is 0 Å². The van der Waals surface area contributed by atoms with Crippen molar-refractivity contribution in [1.29, 1.82) is 5.26 Å². The van der Waals surface area contributed by atoms with Gasteiger partial charge in [0.1, 0.15) is 10.7 Å². The summed E-state index contributed by atoms with van der Waals surface area (Å²) in [6, 6.07) is 16.5.